The standard InChI is InChI=1S/C13H10ClNO2/c1-17-13(16)10-2-3-12(14)11(8-10)9-4-6-15-7-5-9/h2-8H,1H3. The maximum absolute atomic E-state index is 11.4. The van der Waals surface area contributed by atoms with Crippen LogP contribution in [0.2, 0.25) is 5.02 Å². The summed E-state index contributed by atoms with van der Waals surface area (Å²) in [5.74, 6) is -0.378. The smallest absolute Gasteiger partial charge is 0.337 e. The van der Waals surface area contributed by atoms with Crippen LogP contribution in [0.5, 0.6) is 0 Å². The highest BCUT2D eigenvalue weighted by molar-refractivity contribution is 6.33. The van der Waals surface area contributed by atoms with E-state index in [0.717, 1.165) is 11.1 Å². The minimum Gasteiger partial charge on any atom is -0.465 e. The van der Waals surface area contributed by atoms with Crippen LogP contribution >= 0.6 is 11.6 Å². The van der Waals surface area contributed by atoms with Gasteiger partial charge in [-0.1, -0.05) is 11.6 Å². The Labute approximate surface area is 104 Å². The number of carbonyl (C=O) groups is 1. The average molecular weight is 248 g/mol. The van der Waals surface area contributed by atoms with Crippen molar-refractivity contribution in [2.45, 2.75) is 0 Å². The number of rotatable bonds is 2. The van der Waals surface area contributed by atoms with E-state index < -0.39 is 0 Å². The van der Waals surface area contributed by atoms with Gasteiger partial charge in [-0.05, 0) is 35.9 Å². The van der Waals surface area contributed by atoms with Gasteiger partial charge in [-0.3, -0.25) is 4.98 Å². The van der Waals surface area contributed by atoms with Gasteiger partial charge < -0.3 is 4.74 Å². The first-order chi connectivity index (χ1) is 8.22. The Morgan fingerprint density at radius 3 is 2.59 bits per heavy atom. The van der Waals surface area contributed by atoms with E-state index in [1.807, 2.05) is 12.1 Å². The molecule has 0 N–H and O–H groups in total. The number of pyridine rings is 1. The Kier molecular flexibility index (Phi) is 3.40. The molecule has 0 saturated heterocycles. The summed E-state index contributed by atoms with van der Waals surface area (Å²) >= 11 is 6.11. The number of methoxy groups -OCH3 is 1. The zero-order valence-electron chi connectivity index (χ0n) is 9.18. The zero-order chi connectivity index (χ0) is 12.3. The normalized spacial score (nSPS) is 10.0. The summed E-state index contributed by atoms with van der Waals surface area (Å²) in [5.41, 5.74) is 2.18. The van der Waals surface area contributed by atoms with Gasteiger partial charge in [0.1, 0.15) is 0 Å². The molecule has 0 aliphatic carbocycles. The minimum atomic E-state index is -0.378. The molecule has 0 fully saturated rings. The van der Waals surface area contributed by atoms with Crippen LogP contribution in [0.3, 0.4) is 0 Å². The third kappa shape index (κ3) is 2.45. The third-order valence-corrected chi connectivity index (χ3v) is 2.71. The van der Waals surface area contributed by atoms with Crippen molar-refractivity contribution >= 4 is 17.6 Å². The molecule has 2 rings (SSSR count). The lowest BCUT2D eigenvalue weighted by atomic mass is 10.0. The van der Waals surface area contributed by atoms with Gasteiger partial charge in [-0.25, -0.2) is 4.79 Å². The van der Waals surface area contributed by atoms with E-state index >= 15 is 0 Å². The highest BCUT2D eigenvalue weighted by atomic mass is 35.5. The highest BCUT2D eigenvalue weighted by Gasteiger charge is 2.09. The summed E-state index contributed by atoms with van der Waals surface area (Å²) in [6.07, 6.45) is 3.35. The molecule has 3 nitrogen and oxygen atoms in total. The van der Waals surface area contributed by atoms with Crippen LogP contribution in [0, 0.1) is 0 Å². The second kappa shape index (κ2) is 4.97. The second-order valence-electron chi connectivity index (χ2n) is 3.42. The van der Waals surface area contributed by atoms with Crippen LogP contribution in [0.4, 0.5) is 0 Å². The number of hydrogen-bond donors (Lipinski definition) is 0. The fraction of sp³-hybridized carbons (Fsp3) is 0.0769. The Morgan fingerprint density at radius 1 is 1.24 bits per heavy atom. The first-order valence-corrected chi connectivity index (χ1v) is 5.38. The molecule has 0 radical (unpaired) electrons. The number of halogens is 1. The van der Waals surface area contributed by atoms with Crippen molar-refractivity contribution in [2.75, 3.05) is 7.11 Å². The molecular weight excluding hydrogens is 238 g/mol. The number of aromatic nitrogens is 1. The largest absolute Gasteiger partial charge is 0.465 e. The summed E-state index contributed by atoms with van der Waals surface area (Å²) in [4.78, 5) is 15.4. The van der Waals surface area contributed by atoms with Gasteiger partial charge in [0.25, 0.3) is 0 Å². The van der Waals surface area contributed by atoms with Gasteiger partial charge in [0.05, 0.1) is 12.7 Å². The van der Waals surface area contributed by atoms with Crippen LogP contribution in [0.1, 0.15) is 10.4 Å². The van der Waals surface area contributed by atoms with Crippen LogP contribution in [-0.2, 0) is 4.74 Å². The first-order valence-electron chi connectivity index (χ1n) is 5.00. The predicted molar refractivity (Wildman–Crippen MR) is 66.0 cm³/mol. The van der Waals surface area contributed by atoms with Crippen molar-refractivity contribution in [1.29, 1.82) is 0 Å². The minimum absolute atomic E-state index is 0.378. The Hall–Kier alpha value is -1.87. The maximum atomic E-state index is 11.4. The average Bonchev–Trinajstić information content (AvgIpc) is 2.39. The molecule has 0 unspecified atom stereocenters. The predicted octanol–water partition coefficient (Wildman–Crippen LogP) is 3.19. The van der Waals surface area contributed by atoms with E-state index in [1.54, 1.807) is 30.6 Å². The molecule has 0 amide bonds. The summed E-state index contributed by atoms with van der Waals surface area (Å²) in [5, 5.41) is 0.587. The Morgan fingerprint density at radius 2 is 1.94 bits per heavy atom. The Bertz CT molecular complexity index is 540. The number of esters is 1. The van der Waals surface area contributed by atoms with Crippen LogP contribution in [0.25, 0.3) is 11.1 Å². The quantitative estimate of drug-likeness (QED) is 0.765. The molecule has 2 aromatic rings. The van der Waals surface area contributed by atoms with Crippen molar-refractivity contribution in [3.8, 4) is 11.1 Å². The van der Waals surface area contributed by atoms with E-state index in [1.165, 1.54) is 7.11 Å². The topological polar surface area (TPSA) is 39.2 Å². The molecule has 0 aliphatic heterocycles. The molecule has 0 saturated carbocycles. The molecule has 0 bridgehead atoms. The number of carbonyl (C=O) groups excluding carboxylic acids is 1. The van der Waals surface area contributed by atoms with E-state index in [-0.39, 0.29) is 5.97 Å². The van der Waals surface area contributed by atoms with Crippen molar-refractivity contribution < 1.29 is 9.53 Å². The summed E-state index contributed by atoms with van der Waals surface area (Å²) in [6, 6.07) is 8.70. The third-order valence-electron chi connectivity index (χ3n) is 2.38. The first kappa shape index (κ1) is 11.6. The van der Waals surface area contributed by atoms with E-state index in [0.29, 0.717) is 10.6 Å². The van der Waals surface area contributed by atoms with Crippen molar-refractivity contribution in [3.05, 3.63) is 53.3 Å². The fourth-order valence-electron chi connectivity index (χ4n) is 1.52. The lowest BCUT2D eigenvalue weighted by Gasteiger charge is -2.06. The molecular formula is C13H10ClNO2. The van der Waals surface area contributed by atoms with Crippen molar-refractivity contribution in [2.24, 2.45) is 0 Å². The van der Waals surface area contributed by atoms with E-state index in [4.69, 9.17) is 11.6 Å². The lowest BCUT2D eigenvalue weighted by molar-refractivity contribution is 0.0601. The lowest BCUT2D eigenvalue weighted by Crippen LogP contribution is -2.01. The Balaban J connectivity index is 2.50. The molecule has 1 aromatic heterocycles. The summed E-state index contributed by atoms with van der Waals surface area (Å²) in [7, 11) is 1.35. The molecule has 17 heavy (non-hydrogen) atoms. The maximum Gasteiger partial charge on any atom is 0.337 e. The van der Waals surface area contributed by atoms with Crippen LogP contribution in [-0.4, -0.2) is 18.1 Å². The van der Waals surface area contributed by atoms with Crippen LogP contribution < -0.4 is 0 Å². The van der Waals surface area contributed by atoms with E-state index in [9.17, 15) is 4.79 Å². The number of benzene rings is 1. The van der Waals surface area contributed by atoms with Gasteiger partial charge in [0.15, 0.2) is 0 Å². The monoisotopic (exact) mass is 247 g/mol. The molecule has 0 atom stereocenters. The SMILES string of the molecule is COC(=O)c1ccc(Cl)c(-c2ccncc2)c1. The molecule has 0 spiro atoms. The zero-order valence-corrected chi connectivity index (χ0v) is 9.94. The highest BCUT2D eigenvalue weighted by Crippen LogP contribution is 2.28. The molecule has 1 heterocycles. The van der Waals surface area contributed by atoms with Gasteiger partial charge in [-0.2, -0.15) is 0 Å². The number of hydrogen-bond acceptors (Lipinski definition) is 3. The number of nitrogens with zero attached hydrogens (tertiary/aromatic N) is 1. The fourth-order valence-corrected chi connectivity index (χ4v) is 1.75. The summed E-state index contributed by atoms with van der Waals surface area (Å²) < 4.78 is 4.67. The van der Waals surface area contributed by atoms with Crippen molar-refractivity contribution in [3.63, 3.8) is 0 Å². The number of ether oxygens (including phenoxy) is 1. The molecule has 4 heteroatoms. The second-order valence-corrected chi connectivity index (χ2v) is 3.83. The van der Waals surface area contributed by atoms with Gasteiger partial charge in [0, 0.05) is 23.0 Å². The van der Waals surface area contributed by atoms with Gasteiger partial charge >= 0.3 is 5.97 Å². The van der Waals surface area contributed by atoms with Crippen LogP contribution in [0.15, 0.2) is 42.7 Å². The molecule has 1 aromatic carbocycles. The molecule has 86 valence electrons. The molecule has 0 aliphatic rings. The van der Waals surface area contributed by atoms with Gasteiger partial charge in [0.2, 0.25) is 0 Å². The van der Waals surface area contributed by atoms with Crippen molar-refractivity contribution in [1.82, 2.24) is 4.98 Å². The summed E-state index contributed by atoms with van der Waals surface area (Å²) in [6.45, 7) is 0. The van der Waals surface area contributed by atoms with Gasteiger partial charge in [-0.15, -0.1) is 0 Å². The van der Waals surface area contributed by atoms with E-state index in [2.05, 4.69) is 9.72 Å².